The number of carboxylic acids is 1. The number of halogens is 1. The van der Waals surface area contributed by atoms with Gasteiger partial charge < -0.3 is 9.84 Å². The Morgan fingerprint density at radius 2 is 2.00 bits per heavy atom. The van der Waals surface area contributed by atoms with Gasteiger partial charge in [0, 0.05) is 18.5 Å². The average molecular weight is 248 g/mol. The molecule has 0 bridgehead atoms. The summed E-state index contributed by atoms with van der Waals surface area (Å²) in [4.78, 5) is 18.0. The molecule has 5 nitrogen and oxygen atoms in total. The van der Waals surface area contributed by atoms with Gasteiger partial charge in [-0.05, 0) is 18.6 Å². The van der Waals surface area contributed by atoms with Gasteiger partial charge in [0.05, 0.1) is 5.56 Å². The molecule has 0 aliphatic carbocycles. The fourth-order valence-electron chi connectivity index (χ4n) is 1.22. The van der Waals surface area contributed by atoms with E-state index in [2.05, 4.69) is 9.97 Å². The largest absolute Gasteiger partial charge is 0.478 e. The van der Waals surface area contributed by atoms with Crippen LogP contribution in [-0.2, 0) is 0 Å². The van der Waals surface area contributed by atoms with Crippen molar-refractivity contribution in [2.75, 3.05) is 0 Å². The summed E-state index contributed by atoms with van der Waals surface area (Å²) in [6.45, 7) is 1.64. The second-order valence-electron chi connectivity index (χ2n) is 3.57. The van der Waals surface area contributed by atoms with E-state index in [4.69, 9.17) is 9.84 Å². The first kappa shape index (κ1) is 12.0. The molecule has 18 heavy (non-hydrogen) atoms. The molecular formula is C12H9FN2O3. The van der Waals surface area contributed by atoms with E-state index in [9.17, 15) is 9.18 Å². The normalized spacial score (nSPS) is 10.1. The van der Waals surface area contributed by atoms with E-state index in [1.807, 2.05) is 0 Å². The Balaban J connectivity index is 2.18. The van der Waals surface area contributed by atoms with E-state index in [1.54, 1.807) is 19.1 Å². The van der Waals surface area contributed by atoms with Crippen molar-refractivity contribution in [2.24, 2.45) is 0 Å². The fourth-order valence-corrected chi connectivity index (χ4v) is 1.22. The molecule has 92 valence electrons. The predicted octanol–water partition coefficient (Wildman–Crippen LogP) is 2.41. The van der Waals surface area contributed by atoms with Crippen molar-refractivity contribution < 1.29 is 19.0 Å². The Kier molecular flexibility index (Phi) is 3.18. The summed E-state index contributed by atoms with van der Waals surface area (Å²) >= 11 is 0. The van der Waals surface area contributed by atoms with E-state index in [1.165, 1.54) is 6.07 Å². The lowest BCUT2D eigenvalue weighted by molar-refractivity contribution is 0.0696. The van der Waals surface area contributed by atoms with Crippen LogP contribution in [0.3, 0.4) is 0 Å². The highest BCUT2D eigenvalue weighted by molar-refractivity contribution is 5.86. The first-order valence-electron chi connectivity index (χ1n) is 5.05. The molecule has 0 aliphatic rings. The number of aromatic nitrogens is 2. The predicted molar refractivity (Wildman–Crippen MR) is 60.2 cm³/mol. The number of nitrogens with zero attached hydrogens (tertiary/aromatic N) is 2. The van der Waals surface area contributed by atoms with Crippen LogP contribution in [-0.4, -0.2) is 21.0 Å². The second-order valence-corrected chi connectivity index (χ2v) is 3.57. The van der Waals surface area contributed by atoms with Crippen molar-refractivity contribution >= 4 is 5.97 Å². The van der Waals surface area contributed by atoms with Gasteiger partial charge >= 0.3 is 12.0 Å². The van der Waals surface area contributed by atoms with Crippen LogP contribution >= 0.6 is 0 Å². The zero-order valence-corrected chi connectivity index (χ0v) is 9.42. The van der Waals surface area contributed by atoms with Crippen molar-refractivity contribution in [1.82, 2.24) is 9.97 Å². The standard InChI is InChI=1S/C12H9FN2O3/c1-7-2-3-9(4-10(7)13)18-12-14-5-8(6-15-12)11(16)17/h2-6H,1H3,(H,16,17). The van der Waals surface area contributed by atoms with Gasteiger partial charge in [-0.1, -0.05) is 6.07 Å². The van der Waals surface area contributed by atoms with E-state index in [-0.39, 0.29) is 17.3 Å². The molecule has 0 radical (unpaired) electrons. The van der Waals surface area contributed by atoms with Gasteiger partial charge in [0.1, 0.15) is 11.6 Å². The number of aromatic carboxylic acids is 1. The number of ether oxygens (including phenoxy) is 1. The molecule has 0 amide bonds. The number of rotatable bonds is 3. The Bertz CT molecular complexity index is 584. The van der Waals surface area contributed by atoms with Crippen molar-refractivity contribution in [1.29, 1.82) is 0 Å². The molecule has 2 aromatic rings. The van der Waals surface area contributed by atoms with Crippen LogP contribution < -0.4 is 4.74 Å². The highest BCUT2D eigenvalue weighted by Crippen LogP contribution is 2.20. The second kappa shape index (κ2) is 4.79. The summed E-state index contributed by atoms with van der Waals surface area (Å²) in [6, 6.07) is 4.32. The monoisotopic (exact) mass is 248 g/mol. The van der Waals surface area contributed by atoms with E-state index < -0.39 is 11.8 Å². The van der Waals surface area contributed by atoms with E-state index >= 15 is 0 Å². The van der Waals surface area contributed by atoms with Crippen LogP contribution in [0.2, 0.25) is 0 Å². The van der Waals surface area contributed by atoms with Gasteiger partial charge in [0.25, 0.3) is 0 Å². The molecule has 0 unspecified atom stereocenters. The minimum Gasteiger partial charge on any atom is -0.478 e. The molecule has 0 saturated heterocycles. The van der Waals surface area contributed by atoms with Crippen LogP contribution in [0.1, 0.15) is 15.9 Å². The molecular weight excluding hydrogens is 239 g/mol. The summed E-state index contributed by atoms with van der Waals surface area (Å²) < 4.78 is 18.4. The molecule has 2 rings (SSSR count). The summed E-state index contributed by atoms with van der Waals surface area (Å²) in [5, 5.41) is 8.66. The molecule has 1 aromatic heterocycles. The zero-order valence-electron chi connectivity index (χ0n) is 9.42. The number of benzene rings is 1. The van der Waals surface area contributed by atoms with Crippen LogP contribution in [0.4, 0.5) is 4.39 Å². The minimum atomic E-state index is -1.12. The lowest BCUT2D eigenvalue weighted by Gasteiger charge is -2.04. The third-order valence-electron chi connectivity index (χ3n) is 2.23. The van der Waals surface area contributed by atoms with Gasteiger partial charge in [0.15, 0.2) is 0 Å². The highest BCUT2D eigenvalue weighted by atomic mass is 19.1. The summed E-state index contributed by atoms with van der Waals surface area (Å²) in [5.41, 5.74) is 0.460. The maximum atomic E-state index is 13.3. The lowest BCUT2D eigenvalue weighted by Crippen LogP contribution is -2.00. The maximum absolute atomic E-state index is 13.3. The number of aryl methyl sites for hydroxylation is 1. The third-order valence-corrected chi connectivity index (χ3v) is 2.23. The van der Waals surface area contributed by atoms with Crippen molar-refractivity contribution in [2.45, 2.75) is 6.92 Å². The van der Waals surface area contributed by atoms with Gasteiger partial charge in [-0.25, -0.2) is 19.2 Å². The lowest BCUT2D eigenvalue weighted by atomic mass is 10.2. The van der Waals surface area contributed by atoms with Gasteiger partial charge in [0.2, 0.25) is 0 Å². The Labute approximate surface area is 102 Å². The Morgan fingerprint density at radius 1 is 1.33 bits per heavy atom. The molecule has 6 heteroatoms. The molecule has 0 atom stereocenters. The molecule has 0 saturated carbocycles. The molecule has 1 aromatic carbocycles. The smallest absolute Gasteiger partial charge is 0.338 e. The SMILES string of the molecule is Cc1ccc(Oc2ncc(C(=O)O)cn2)cc1F. The molecule has 0 fully saturated rings. The number of carboxylic acid groups (broad SMARTS) is 1. The van der Waals surface area contributed by atoms with Crippen LogP contribution in [0.15, 0.2) is 30.6 Å². The average Bonchev–Trinajstić information content (AvgIpc) is 2.34. The summed E-state index contributed by atoms with van der Waals surface area (Å²) in [5.74, 6) is -1.27. The molecule has 0 spiro atoms. The summed E-state index contributed by atoms with van der Waals surface area (Å²) in [7, 11) is 0. The first-order valence-corrected chi connectivity index (χ1v) is 5.05. The molecule has 0 aliphatic heterocycles. The minimum absolute atomic E-state index is 0.0387. The zero-order chi connectivity index (χ0) is 13.1. The molecule has 1 N–H and O–H groups in total. The van der Waals surface area contributed by atoms with Crippen molar-refractivity contribution in [3.63, 3.8) is 0 Å². The summed E-state index contributed by atoms with van der Waals surface area (Å²) in [6.07, 6.45) is 2.24. The van der Waals surface area contributed by atoms with E-state index in [0.717, 1.165) is 12.4 Å². The Hall–Kier alpha value is -2.50. The number of carbonyl (C=O) groups is 1. The highest BCUT2D eigenvalue weighted by Gasteiger charge is 2.06. The number of hydrogen-bond acceptors (Lipinski definition) is 4. The topological polar surface area (TPSA) is 72.3 Å². The van der Waals surface area contributed by atoms with E-state index in [0.29, 0.717) is 5.56 Å². The van der Waals surface area contributed by atoms with Crippen LogP contribution in [0.5, 0.6) is 11.8 Å². The maximum Gasteiger partial charge on any atom is 0.338 e. The fraction of sp³-hybridized carbons (Fsp3) is 0.0833. The third kappa shape index (κ3) is 2.60. The van der Waals surface area contributed by atoms with Gasteiger partial charge in [-0.2, -0.15) is 0 Å². The van der Waals surface area contributed by atoms with Crippen LogP contribution in [0, 0.1) is 12.7 Å². The molecule has 1 heterocycles. The Morgan fingerprint density at radius 3 is 2.56 bits per heavy atom. The van der Waals surface area contributed by atoms with Gasteiger partial charge in [-0.3, -0.25) is 0 Å². The van der Waals surface area contributed by atoms with Gasteiger partial charge in [-0.15, -0.1) is 0 Å². The first-order chi connectivity index (χ1) is 8.56. The number of hydrogen-bond donors (Lipinski definition) is 1. The van der Waals surface area contributed by atoms with Crippen molar-refractivity contribution in [3.05, 3.63) is 47.5 Å². The van der Waals surface area contributed by atoms with Crippen molar-refractivity contribution in [3.8, 4) is 11.8 Å². The quantitative estimate of drug-likeness (QED) is 0.902. The van der Waals surface area contributed by atoms with Crippen LogP contribution in [0.25, 0.3) is 0 Å².